The zero-order valence-corrected chi connectivity index (χ0v) is 18.0. The summed E-state index contributed by atoms with van der Waals surface area (Å²) in [4.78, 5) is 16.1. The number of rotatable bonds is 6. The lowest BCUT2D eigenvalue weighted by Gasteiger charge is -2.23. The fourth-order valence-electron chi connectivity index (χ4n) is 2.69. The highest BCUT2D eigenvalue weighted by Crippen LogP contribution is 2.32. The van der Waals surface area contributed by atoms with Gasteiger partial charge in [0.25, 0.3) is 0 Å². The van der Waals surface area contributed by atoms with Crippen molar-refractivity contribution in [3.63, 3.8) is 0 Å². The molecule has 1 N–H and O–H groups in total. The van der Waals surface area contributed by atoms with Crippen LogP contribution in [0.4, 0.5) is 9.18 Å². The first kappa shape index (κ1) is 22.4. The second-order valence-corrected chi connectivity index (χ2v) is 9.94. The Morgan fingerprint density at radius 1 is 1.43 bits per heavy atom. The highest BCUT2D eigenvalue weighted by molar-refractivity contribution is 7.91. The van der Waals surface area contributed by atoms with Crippen molar-refractivity contribution in [3.8, 4) is 0 Å². The minimum Gasteiger partial charge on any atom is -0.458 e. The largest absolute Gasteiger partial charge is 0.458 e. The zero-order chi connectivity index (χ0) is 21.3. The average Bonchev–Trinajstić information content (AvgIpc) is 2.80. The Morgan fingerprint density at radius 3 is 2.61 bits per heavy atom. The number of aromatic nitrogens is 1. The van der Waals surface area contributed by atoms with Gasteiger partial charge >= 0.3 is 6.09 Å². The van der Waals surface area contributed by atoms with Gasteiger partial charge in [0.05, 0.1) is 6.67 Å². The van der Waals surface area contributed by atoms with Crippen molar-refractivity contribution in [3.05, 3.63) is 22.5 Å². The van der Waals surface area contributed by atoms with Crippen molar-refractivity contribution in [1.82, 2.24) is 10.3 Å². The third-order valence-electron chi connectivity index (χ3n) is 3.92. The third-order valence-corrected chi connectivity index (χ3v) is 5.21. The lowest BCUT2D eigenvalue weighted by molar-refractivity contribution is 0.0499. The second kappa shape index (κ2) is 8.24. The number of ether oxygens (including phenoxy) is 1. The van der Waals surface area contributed by atoms with Crippen molar-refractivity contribution < 1.29 is 26.8 Å². The smallest absolute Gasteiger partial charge is 0.407 e. The molecule has 2 aromatic rings. The van der Waals surface area contributed by atoms with E-state index in [1.165, 1.54) is 6.07 Å². The van der Waals surface area contributed by atoms with E-state index in [0.29, 0.717) is 16.8 Å². The minimum absolute atomic E-state index is 0.0237. The Bertz CT molecular complexity index is 982. The molecular formula is C18H24ClFN2O5S. The molecule has 0 aliphatic rings. The van der Waals surface area contributed by atoms with Crippen molar-refractivity contribution in [1.29, 1.82) is 0 Å². The molecule has 7 nitrogen and oxygen atoms in total. The van der Waals surface area contributed by atoms with E-state index in [4.69, 9.17) is 20.8 Å². The molecule has 1 amide bonds. The van der Waals surface area contributed by atoms with Crippen molar-refractivity contribution >= 4 is 38.6 Å². The predicted molar refractivity (Wildman–Crippen MR) is 104 cm³/mol. The quantitative estimate of drug-likeness (QED) is 0.690. The summed E-state index contributed by atoms with van der Waals surface area (Å²) in [7, 11) is -3.60. The molecule has 2 heterocycles. The number of hydrogen-bond acceptors (Lipinski definition) is 6. The molecule has 1 atom stereocenters. The van der Waals surface area contributed by atoms with Gasteiger partial charge in [-0.1, -0.05) is 11.6 Å². The van der Waals surface area contributed by atoms with Crippen LogP contribution in [0.5, 0.6) is 0 Å². The number of carbonyl (C=O) groups is 1. The van der Waals surface area contributed by atoms with Crippen LogP contribution in [0.15, 0.2) is 15.4 Å². The van der Waals surface area contributed by atoms with E-state index in [1.807, 2.05) is 0 Å². The fourth-order valence-corrected chi connectivity index (χ4v) is 3.75. The number of nitrogens with one attached hydrogen (secondary N) is 1. The van der Waals surface area contributed by atoms with Gasteiger partial charge in [-0.05, 0) is 40.2 Å². The lowest BCUT2D eigenvalue weighted by Crippen LogP contribution is -2.40. The first-order chi connectivity index (χ1) is 12.8. The molecule has 0 aliphatic carbocycles. The summed E-state index contributed by atoms with van der Waals surface area (Å²) in [5.74, 6) is 0.393. The number of pyridine rings is 1. The Hall–Kier alpha value is -1.87. The lowest BCUT2D eigenvalue weighted by atomic mass is 10.1. The molecule has 0 saturated carbocycles. The summed E-state index contributed by atoms with van der Waals surface area (Å²) in [6.45, 7) is 6.22. The summed E-state index contributed by atoms with van der Waals surface area (Å²) in [6.07, 6.45) is 0.568. The van der Waals surface area contributed by atoms with Crippen LogP contribution < -0.4 is 5.32 Å². The van der Waals surface area contributed by atoms with Gasteiger partial charge in [-0.25, -0.2) is 18.2 Å². The second-order valence-electron chi connectivity index (χ2n) is 7.57. The minimum atomic E-state index is -3.60. The van der Waals surface area contributed by atoms with E-state index in [1.54, 1.807) is 27.7 Å². The van der Waals surface area contributed by atoms with E-state index < -0.39 is 34.2 Å². The maximum atomic E-state index is 13.0. The molecule has 0 spiro atoms. The number of sulfone groups is 1. The van der Waals surface area contributed by atoms with Crippen LogP contribution >= 0.6 is 11.6 Å². The van der Waals surface area contributed by atoms with Gasteiger partial charge in [-0.3, -0.25) is 4.39 Å². The summed E-state index contributed by atoms with van der Waals surface area (Å²) >= 11 is 5.96. The van der Waals surface area contributed by atoms with Crippen molar-refractivity contribution in [2.24, 2.45) is 0 Å². The van der Waals surface area contributed by atoms with E-state index in [2.05, 4.69) is 10.3 Å². The molecule has 2 aromatic heterocycles. The number of alkyl carbamates (subject to hydrolysis) is 1. The molecule has 156 valence electrons. The number of carbonyl (C=O) groups excluding carboxylic acids is 1. The standard InChI is InChI=1S/C18H24ClFN2O5S/c1-10-12(8-11(6-7-20)21-17(23)27-18(2,3)4)26-16-13(28(5,24)25)9-14(19)22-15(10)16/h9,11H,6-8H2,1-5H3,(H,21,23)/t11-/m0/s1. The number of aryl methyl sites for hydroxylation is 1. The van der Waals surface area contributed by atoms with Crippen LogP contribution in [-0.2, 0) is 21.0 Å². The number of fused-ring (bicyclic) bond motifs is 1. The number of hydrogen-bond donors (Lipinski definition) is 1. The molecule has 0 unspecified atom stereocenters. The van der Waals surface area contributed by atoms with E-state index in [0.717, 1.165) is 6.26 Å². The molecule has 0 aromatic carbocycles. The average molecular weight is 435 g/mol. The number of furan rings is 1. The SMILES string of the molecule is Cc1c(C[C@H](CCF)NC(=O)OC(C)(C)C)oc2c(S(C)(=O)=O)cc(Cl)nc12. The molecule has 0 aliphatic heterocycles. The Labute approximate surface area is 168 Å². The molecule has 0 bridgehead atoms. The summed E-state index contributed by atoms with van der Waals surface area (Å²) in [5, 5.41) is 2.65. The summed E-state index contributed by atoms with van der Waals surface area (Å²) in [6, 6.07) is 0.625. The van der Waals surface area contributed by atoms with Crippen LogP contribution in [0, 0.1) is 6.92 Å². The van der Waals surface area contributed by atoms with Gasteiger partial charge in [-0.15, -0.1) is 0 Å². The van der Waals surface area contributed by atoms with Crippen LogP contribution in [0.1, 0.15) is 38.5 Å². The predicted octanol–water partition coefficient (Wildman–Crippen LogP) is 3.99. The van der Waals surface area contributed by atoms with Crippen molar-refractivity contribution in [2.75, 3.05) is 12.9 Å². The molecule has 0 saturated heterocycles. The molecule has 2 rings (SSSR count). The normalized spacial score (nSPS) is 13.5. The molecule has 0 radical (unpaired) electrons. The topological polar surface area (TPSA) is 98.5 Å². The zero-order valence-electron chi connectivity index (χ0n) is 16.4. The number of nitrogens with zero attached hydrogens (tertiary/aromatic N) is 1. The van der Waals surface area contributed by atoms with Crippen LogP contribution in [0.2, 0.25) is 5.15 Å². The summed E-state index contributed by atoms with van der Waals surface area (Å²) in [5.41, 5.74) is 0.303. The first-order valence-corrected chi connectivity index (χ1v) is 10.9. The highest BCUT2D eigenvalue weighted by atomic mass is 35.5. The number of halogens is 2. The van der Waals surface area contributed by atoms with Gasteiger partial charge < -0.3 is 14.5 Å². The molecular weight excluding hydrogens is 411 g/mol. The van der Waals surface area contributed by atoms with Gasteiger partial charge in [0, 0.05) is 24.3 Å². The Morgan fingerprint density at radius 2 is 2.07 bits per heavy atom. The van der Waals surface area contributed by atoms with E-state index in [9.17, 15) is 17.6 Å². The number of amides is 1. The van der Waals surface area contributed by atoms with E-state index in [-0.39, 0.29) is 28.5 Å². The molecule has 10 heteroatoms. The van der Waals surface area contributed by atoms with Gasteiger partial charge in [0.15, 0.2) is 15.4 Å². The number of alkyl halides is 1. The first-order valence-electron chi connectivity index (χ1n) is 8.66. The maximum Gasteiger partial charge on any atom is 0.407 e. The molecule has 28 heavy (non-hydrogen) atoms. The maximum absolute atomic E-state index is 13.0. The third kappa shape index (κ3) is 5.57. The van der Waals surface area contributed by atoms with Crippen LogP contribution in [0.3, 0.4) is 0 Å². The monoisotopic (exact) mass is 434 g/mol. The Balaban J connectivity index is 2.38. The van der Waals surface area contributed by atoms with E-state index >= 15 is 0 Å². The highest BCUT2D eigenvalue weighted by Gasteiger charge is 2.25. The Kier molecular flexibility index (Phi) is 6.60. The van der Waals surface area contributed by atoms with Gasteiger partial charge in [0.2, 0.25) is 0 Å². The van der Waals surface area contributed by atoms with Crippen LogP contribution in [0.25, 0.3) is 11.1 Å². The van der Waals surface area contributed by atoms with Crippen molar-refractivity contribution in [2.45, 2.75) is 57.1 Å². The van der Waals surface area contributed by atoms with Crippen LogP contribution in [-0.4, -0.2) is 44.1 Å². The fraction of sp³-hybridized carbons (Fsp3) is 0.556. The molecule has 0 fully saturated rings. The summed E-state index contributed by atoms with van der Waals surface area (Å²) < 4.78 is 48.1. The van der Waals surface area contributed by atoms with Gasteiger partial charge in [-0.2, -0.15) is 0 Å². The van der Waals surface area contributed by atoms with Gasteiger partial charge in [0.1, 0.15) is 26.9 Å².